The Bertz CT molecular complexity index is 3280. The SMILES string of the molecule is CSCC[C@H](NC(=O)[C@H](Cc1ccccc1)NC(=O)[C@@H](N)CCCCN)C(=O)N[C@@H](CCSC)C(=O)N[C@H](C(=O)N1CCC[C@H]1C(=O)N[C@@H](Cc1ccc(OP(=O)(O)O)cc1)C(=O)N[C@H](C(=O)N[C@H](C(=O)N[C@H](C(=O)N[C@@H](CCCN=C(N)N)C(=O)O)[C@@H](C)O)C(C)C)C(C)C)[C@@H](C)OP(=O)(O)O. The molecule has 1 aliphatic heterocycles. The molecule has 0 saturated carbocycles. The zero-order chi connectivity index (χ0) is 77.5. The van der Waals surface area contributed by atoms with Gasteiger partial charge >= 0.3 is 21.6 Å². The van der Waals surface area contributed by atoms with Gasteiger partial charge in [-0.3, -0.25) is 67.2 Å². The van der Waals surface area contributed by atoms with Gasteiger partial charge in [0.25, 0.3) is 0 Å². The number of guanidine groups is 1. The Morgan fingerprint density at radius 3 is 1.53 bits per heavy atom. The first-order valence-corrected chi connectivity index (χ1v) is 39.2. The molecule has 3 rings (SSSR count). The molecule has 13 atom stereocenters. The van der Waals surface area contributed by atoms with Crippen molar-refractivity contribution in [3.63, 3.8) is 0 Å². The summed E-state index contributed by atoms with van der Waals surface area (Å²) in [5, 5.41) is 43.4. The number of carbonyl (C=O) groups is 11. The molecule has 1 heterocycles. The number of carbonyl (C=O) groups excluding carboxylic acids is 10. The number of unbranched alkanes of at least 4 members (excludes halogenated alkanes) is 1. The molecule has 103 heavy (non-hydrogen) atoms. The second-order valence-electron chi connectivity index (χ2n) is 25.3. The molecule has 0 aliphatic carbocycles. The molecule has 1 fully saturated rings. The first kappa shape index (κ1) is 89.7. The van der Waals surface area contributed by atoms with Crippen LogP contribution in [0, 0.1) is 11.8 Å². The number of rotatable bonds is 46. The molecular formula is C63H103N15O21P2S2. The fourth-order valence-corrected chi connectivity index (χ4v) is 12.6. The Balaban J connectivity index is 2.01. The Morgan fingerprint density at radius 2 is 1.04 bits per heavy atom. The summed E-state index contributed by atoms with van der Waals surface area (Å²) in [6, 6.07) is -2.81. The van der Waals surface area contributed by atoms with Crippen LogP contribution in [-0.4, -0.2) is 228 Å². The van der Waals surface area contributed by atoms with E-state index in [2.05, 4.69) is 57.4 Å². The molecule has 40 heteroatoms. The maximum absolute atomic E-state index is 15.0. The van der Waals surface area contributed by atoms with Crippen molar-refractivity contribution in [2.75, 3.05) is 43.7 Å². The van der Waals surface area contributed by atoms with Gasteiger partial charge in [0.15, 0.2) is 5.96 Å². The van der Waals surface area contributed by atoms with Crippen LogP contribution < -0.4 is 75.3 Å². The predicted molar refractivity (Wildman–Crippen MR) is 383 cm³/mol. The summed E-state index contributed by atoms with van der Waals surface area (Å²) < 4.78 is 33.8. The van der Waals surface area contributed by atoms with Gasteiger partial charge in [-0.15, -0.1) is 0 Å². The number of carboxylic acids is 1. The van der Waals surface area contributed by atoms with Gasteiger partial charge in [-0.05, 0) is 131 Å². The number of aliphatic hydroxyl groups excluding tert-OH is 1. The average Bonchev–Trinajstić information content (AvgIpc) is 1.77. The number of benzene rings is 2. The fourth-order valence-electron chi connectivity index (χ4n) is 10.7. The van der Waals surface area contributed by atoms with Crippen LogP contribution in [0.15, 0.2) is 59.6 Å². The van der Waals surface area contributed by atoms with E-state index in [1.165, 1.54) is 63.4 Å². The van der Waals surface area contributed by atoms with Crippen LogP contribution in [0.1, 0.15) is 110 Å². The Kier molecular flexibility index (Phi) is 38.6. The van der Waals surface area contributed by atoms with Crippen LogP contribution in [0.3, 0.4) is 0 Å². The molecule has 0 bridgehead atoms. The van der Waals surface area contributed by atoms with E-state index in [-0.39, 0.29) is 87.5 Å². The normalized spacial score (nSPS) is 16.6. The van der Waals surface area contributed by atoms with Crippen LogP contribution in [0.25, 0.3) is 0 Å². The smallest absolute Gasteiger partial charge is 0.480 e. The first-order valence-electron chi connectivity index (χ1n) is 33.4. The zero-order valence-electron chi connectivity index (χ0n) is 58.9. The van der Waals surface area contributed by atoms with Crippen molar-refractivity contribution in [2.24, 2.45) is 39.8 Å². The number of nitrogens with one attached hydrogen (secondary N) is 9. The summed E-state index contributed by atoms with van der Waals surface area (Å²) in [7, 11) is -10.5. The van der Waals surface area contributed by atoms with E-state index in [1.54, 1.807) is 42.8 Å². The van der Waals surface area contributed by atoms with Gasteiger partial charge in [0, 0.05) is 25.9 Å². The van der Waals surface area contributed by atoms with E-state index >= 15 is 4.79 Å². The molecule has 2 aromatic carbocycles. The third kappa shape index (κ3) is 32.2. The third-order valence-electron chi connectivity index (χ3n) is 16.2. The summed E-state index contributed by atoms with van der Waals surface area (Å²) in [4.78, 5) is 199. The lowest BCUT2D eigenvalue weighted by molar-refractivity contribution is -0.144. The third-order valence-corrected chi connectivity index (χ3v) is 18.6. The van der Waals surface area contributed by atoms with Crippen LogP contribution in [0.4, 0.5) is 0 Å². The van der Waals surface area contributed by atoms with Gasteiger partial charge < -0.3 is 100 Å². The second-order valence-corrected chi connectivity index (χ2v) is 29.7. The summed E-state index contributed by atoms with van der Waals surface area (Å²) in [6.45, 7) is 8.53. The van der Waals surface area contributed by atoms with E-state index in [1.807, 2.05) is 0 Å². The zero-order valence-corrected chi connectivity index (χ0v) is 62.3. The molecule has 36 nitrogen and oxygen atoms in total. The number of phosphoric acid groups is 2. The molecule has 0 unspecified atom stereocenters. The van der Waals surface area contributed by atoms with Gasteiger partial charge in [-0.25, -0.2) is 13.9 Å². The number of aliphatic carboxylic acids is 1. The molecule has 1 aliphatic rings. The number of thioether (sulfide) groups is 2. The number of nitrogens with zero attached hydrogens (tertiary/aromatic N) is 2. The number of amides is 10. The summed E-state index contributed by atoms with van der Waals surface area (Å²) in [6.07, 6.45) is 0.908. The van der Waals surface area contributed by atoms with Crippen LogP contribution in [-0.2, 0) is 79.2 Å². The molecule has 0 radical (unpaired) electrons. The van der Waals surface area contributed by atoms with Crippen LogP contribution in [0.5, 0.6) is 5.75 Å². The second kappa shape index (κ2) is 44.4. The van der Waals surface area contributed by atoms with Crippen LogP contribution in [0.2, 0.25) is 0 Å². The topological polar surface area (TPSA) is 590 Å². The highest BCUT2D eigenvalue weighted by atomic mass is 32.2. The highest BCUT2D eigenvalue weighted by molar-refractivity contribution is 7.98. The number of phosphoric ester groups is 2. The van der Waals surface area contributed by atoms with Crippen molar-refractivity contribution in [1.29, 1.82) is 0 Å². The van der Waals surface area contributed by atoms with Gasteiger partial charge in [0.05, 0.1) is 18.2 Å². The van der Waals surface area contributed by atoms with E-state index in [4.69, 9.17) is 27.5 Å². The van der Waals surface area contributed by atoms with E-state index < -0.39 is 178 Å². The Hall–Kier alpha value is -7.48. The number of likely N-dealkylation sites (tertiary alicyclic amines) is 1. The number of hydrogen-bond acceptors (Lipinski definition) is 21. The maximum atomic E-state index is 15.0. The van der Waals surface area contributed by atoms with Gasteiger partial charge in [-0.2, -0.15) is 23.5 Å². The number of nitrogens with two attached hydrogens (primary N) is 4. The number of carboxylic acid groups (broad SMARTS) is 1. The summed E-state index contributed by atoms with van der Waals surface area (Å²) in [5.74, 6) is -12.5. The lowest BCUT2D eigenvalue weighted by Crippen LogP contribution is -2.63. The average molecular weight is 1530 g/mol. The van der Waals surface area contributed by atoms with E-state index in [0.717, 1.165) is 30.9 Å². The van der Waals surface area contributed by atoms with Crippen molar-refractivity contribution in [2.45, 2.75) is 191 Å². The molecule has 2 aromatic rings. The highest BCUT2D eigenvalue weighted by Crippen LogP contribution is 2.39. The highest BCUT2D eigenvalue weighted by Gasteiger charge is 2.44. The largest absolute Gasteiger partial charge is 0.524 e. The monoisotopic (exact) mass is 1530 g/mol. The molecular weight excluding hydrogens is 1430 g/mol. The van der Waals surface area contributed by atoms with Gasteiger partial charge in [0.2, 0.25) is 59.1 Å². The van der Waals surface area contributed by atoms with Gasteiger partial charge in [0.1, 0.15) is 66.2 Å². The fraction of sp³-hybridized carbons (Fsp3) is 0.619. The number of aliphatic imine (C=N–C) groups is 1. The molecule has 23 N–H and O–H groups in total. The predicted octanol–water partition coefficient (Wildman–Crippen LogP) is -2.41. The molecule has 10 amide bonds. The summed E-state index contributed by atoms with van der Waals surface area (Å²) >= 11 is 2.62. The van der Waals surface area contributed by atoms with Crippen molar-refractivity contribution in [3.8, 4) is 5.75 Å². The molecule has 0 spiro atoms. The van der Waals surface area contributed by atoms with E-state index in [9.17, 15) is 86.9 Å². The lowest BCUT2D eigenvalue weighted by Gasteiger charge is -2.33. The van der Waals surface area contributed by atoms with E-state index in [0.29, 0.717) is 30.7 Å². The minimum absolute atomic E-state index is 0.00194. The standard InChI is InChI=1S/C63H103N15O21P2S2/c1-34(2)48(58(86)75-49(35(3)4)59(87)76-50(36(5)79)60(88)71-44(62(90)91)19-14-28-68-63(66)67)74-56(84)46(33-39-21-23-40(24-22-39)99-101(95,96)97)73-57(85)47-20-15-29-78(47)61(89)51(37(6)98-100(92,93)94)77-54(82)43(26-31-103-8)69-53(81)42(25-30-102-7)70-55(83)45(32-38-16-10-9-11-17-38)72-52(80)41(65)18-12-13-27-64/h9-11,16-17,21-24,34-37,41-51,79H,12-15,18-20,25-33,64-65H2,1-8H3,(H,69,81)(H,70,83)(H,71,88)(H,72,80)(H,73,85)(H,74,84)(H,75,86)(H,76,87)(H,77,82)(H,90,91)(H4,66,67,68)(H2,92,93,94)(H2,95,96,97)/t36-,37-,41+,42+,43+,44+,45+,46+,47+,48+,49+,50+,51+/m1/s1. The first-order chi connectivity index (χ1) is 48.3. The summed E-state index contributed by atoms with van der Waals surface area (Å²) in [5.41, 5.74) is 23.4. The minimum Gasteiger partial charge on any atom is -0.480 e. The maximum Gasteiger partial charge on any atom is 0.524 e. The van der Waals surface area contributed by atoms with Crippen LogP contribution >= 0.6 is 39.2 Å². The van der Waals surface area contributed by atoms with Crippen molar-refractivity contribution < 1.29 is 101 Å². The molecule has 578 valence electrons. The lowest BCUT2D eigenvalue weighted by atomic mass is 9.98. The quantitative estimate of drug-likeness (QED) is 0.0142. The molecule has 0 aromatic heterocycles. The van der Waals surface area contributed by atoms with Crippen molar-refractivity contribution in [1.82, 2.24) is 52.8 Å². The number of hydrogen-bond donors (Lipinski definition) is 19. The van der Waals surface area contributed by atoms with Gasteiger partial charge in [-0.1, -0.05) is 76.6 Å². The minimum atomic E-state index is -5.47. The van der Waals surface area contributed by atoms with Crippen molar-refractivity contribution in [3.05, 3.63) is 65.7 Å². The number of aliphatic hydroxyl groups is 1. The molecule has 1 saturated heterocycles. The van der Waals surface area contributed by atoms with Crippen molar-refractivity contribution >= 4 is 110 Å². The Morgan fingerprint density at radius 1 is 0.573 bits per heavy atom. The Labute approximate surface area is 606 Å².